The molecule has 0 bridgehead atoms. The molecule has 0 heterocycles. The number of halogens is 1. The largest absolute Gasteiger partial charge is 0.288 e. The van der Waals surface area contributed by atoms with Crippen LogP contribution in [0.4, 0.5) is 5.69 Å². The summed E-state index contributed by atoms with van der Waals surface area (Å²) < 4.78 is 28.4. The number of sulfonamides is 1. The number of carbonyl (C=O) groups is 1. The summed E-state index contributed by atoms with van der Waals surface area (Å²) in [5, 5.41) is 0.183. The summed E-state index contributed by atoms with van der Waals surface area (Å²) >= 11 is 6.26. The zero-order valence-electron chi connectivity index (χ0n) is 16.4. The van der Waals surface area contributed by atoms with Crippen LogP contribution in [-0.4, -0.2) is 14.2 Å². The molecule has 0 aromatic heterocycles. The lowest BCUT2D eigenvalue weighted by Gasteiger charge is -2.19. The van der Waals surface area contributed by atoms with E-state index in [0.717, 1.165) is 5.56 Å². The Morgan fingerprint density at radius 3 is 2.07 bits per heavy atom. The van der Waals surface area contributed by atoms with Crippen LogP contribution >= 0.6 is 11.6 Å². The monoisotopic (exact) mass is 427 g/mol. The van der Waals surface area contributed by atoms with Gasteiger partial charge in [-0.3, -0.25) is 9.52 Å². The molecule has 3 aromatic rings. The van der Waals surface area contributed by atoms with Crippen molar-refractivity contribution in [1.82, 2.24) is 0 Å². The zero-order chi connectivity index (χ0) is 21.2. The molecule has 0 aliphatic rings. The van der Waals surface area contributed by atoms with E-state index in [0.29, 0.717) is 5.56 Å². The van der Waals surface area contributed by atoms with Crippen LogP contribution in [0.2, 0.25) is 5.02 Å². The van der Waals surface area contributed by atoms with Crippen molar-refractivity contribution in [3.05, 3.63) is 94.5 Å². The number of nitrogens with one attached hydrogen (secondary N) is 1. The van der Waals surface area contributed by atoms with Gasteiger partial charge in [-0.1, -0.05) is 80.9 Å². The molecule has 0 amide bonds. The number of hydrogen-bond acceptors (Lipinski definition) is 3. The molecule has 0 spiro atoms. The Labute approximate surface area is 176 Å². The Morgan fingerprint density at radius 2 is 1.48 bits per heavy atom. The van der Waals surface area contributed by atoms with Crippen LogP contribution < -0.4 is 4.72 Å². The van der Waals surface area contributed by atoms with Gasteiger partial charge >= 0.3 is 0 Å². The fraction of sp³-hybridized carbons (Fsp3) is 0.174. The maximum Gasteiger partial charge on any atom is 0.261 e. The minimum Gasteiger partial charge on any atom is -0.288 e. The zero-order valence-corrected chi connectivity index (χ0v) is 18.0. The van der Waals surface area contributed by atoms with Crippen LogP contribution in [0.25, 0.3) is 0 Å². The van der Waals surface area contributed by atoms with Gasteiger partial charge in [-0.05, 0) is 35.2 Å². The highest BCUT2D eigenvalue weighted by molar-refractivity contribution is 7.92. The summed E-state index contributed by atoms with van der Waals surface area (Å²) in [6.07, 6.45) is 0. The number of hydrogen-bond donors (Lipinski definition) is 1. The second-order valence-corrected chi connectivity index (χ2v) is 9.83. The first-order valence-corrected chi connectivity index (χ1v) is 11.0. The second kappa shape index (κ2) is 8.01. The van der Waals surface area contributed by atoms with Gasteiger partial charge in [-0.25, -0.2) is 8.42 Å². The van der Waals surface area contributed by atoms with Crippen molar-refractivity contribution in [3.8, 4) is 0 Å². The third-order valence-electron chi connectivity index (χ3n) is 4.55. The second-order valence-electron chi connectivity index (χ2n) is 7.74. The first-order chi connectivity index (χ1) is 13.6. The topological polar surface area (TPSA) is 63.2 Å². The Balaban J connectivity index is 1.98. The summed E-state index contributed by atoms with van der Waals surface area (Å²) in [5.41, 5.74) is 1.63. The Bertz CT molecular complexity index is 1130. The minimum absolute atomic E-state index is 0.0854. The normalized spacial score (nSPS) is 11.9. The van der Waals surface area contributed by atoms with E-state index in [1.165, 1.54) is 6.07 Å². The lowest BCUT2D eigenvalue weighted by atomic mass is 9.87. The number of rotatable bonds is 5. The molecule has 6 heteroatoms. The van der Waals surface area contributed by atoms with E-state index in [2.05, 4.69) is 25.5 Å². The highest BCUT2D eigenvalue weighted by atomic mass is 35.5. The lowest BCUT2D eigenvalue weighted by Crippen LogP contribution is -2.17. The predicted octanol–water partition coefficient (Wildman–Crippen LogP) is 5.67. The van der Waals surface area contributed by atoms with Gasteiger partial charge in [0, 0.05) is 5.56 Å². The Kier molecular flexibility index (Phi) is 5.82. The van der Waals surface area contributed by atoms with E-state index >= 15 is 0 Å². The minimum atomic E-state index is -3.89. The van der Waals surface area contributed by atoms with Crippen molar-refractivity contribution in [2.24, 2.45) is 0 Å². The molecule has 1 N–H and O–H groups in total. The third-order valence-corrected chi connectivity index (χ3v) is 6.25. The van der Waals surface area contributed by atoms with E-state index in [4.69, 9.17) is 11.6 Å². The molecule has 3 rings (SSSR count). The van der Waals surface area contributed by atoms with Crippen LogP contribution in [0.5, 0.6) is 0 Å². The van der Waals surface area contributed by atoms with E-state index in [1.807, 2.05) is 0 Å². The average Bonchev–Trinajstić information content (AvgIpc) is 2.67. The maximum atomic E-state index is 12.9. The van der Waals surface area contributed by atoms with Crippen molar-refractivity contribution in [1.29, 1.82) is 0 Å². The van der Waals surface area contributed by atoms with E-state index in [9.17, 15) is 13.2 Å². The Morgan fingerprint density at radius 1 is 0.862 bits per heavy atom. The van der Waals surface area contributed by atoms with Crippen LogP contribution in [0.1, 0.15) is 42.3 Å². The SMILES string of the molecule is CC(C)(C)c1ccc(S(=O)(=O)Nc2cccc(Cl)c2C(=O)c2ccccc2)cc1. The fourth-order valence-corrected chi connectivity index (χ4v) is 4.24. The summed E-state index contributed by atoms with van der Waals surface area (Å²) in [6, 6.07) is 20.0. The Hall–Kier alpha value is -2.63. The molecule has 0 aliphatic heterocycles. The van der Waals surface area contributed by atoms with Gasteiger partial charge in [0.25, 0.3) is 10.0 Å². The number of ketones is 1. The number of benzene rings is 3. The molecule has 29 heavy (non-hydrogen) atoms. The molecule has 0 radical (unpaired) electrons. The first kappa shape index (κ1) is 21.1. The van der Waals surface area contributed by atoms with Gasteiger partial charge in [0.05, 0.1) is 21.2 Å². The fourth-order valence-electron chi connectivity index (χ4n) is 2.91. The average molecular weight is 428 g/mol. The molecular formula is C23H22ClNO3S. The van der Waals surface area contributed by atoms with Crippen molar-refractivity contribution in [2.45, 2.75) is 31.1 Å². The third kappa shape index (κ3) is 4.69. The molecule has 0 fully saturated rings. The molecule has 0 saturated heterocycles. The number of anilines is 1. The highest BCUT2D eigenvalue weighted by Gasteiger charge is 2.22. The van der Waals surface area contributed by atoms with Crippen molar-refractivity contribution in [2.75, 3.05) is 4.72 Å². The molecule has 0 aliphatic carbocycles. The molecule has 0 atom stereocenters. The summed E-state index contributed by atoms with van der Waals surface area (Å²) in [7, 11) is -3.89. The summed E-state index contributed by atoms with van der Waals surface area (Å²) in [4.78, 5) is 13.1. The van der Waals surface area contributed by atoms with Crippen molar-refractivity contribution < 1.29 is 13.2 Å². The first-order valence-electron chi connectivity index (χ1n) is 9.11. The molecule has 3 aromatic carbocycles. The van der Waals surface area contributed by atoms with Gasteiger partial charge in [-0.15, -0.1) is 0 Å². The van der Waals surface area contributed by atoms with Gasteiger partial charge in [0.1, 0.15) is 0 Å². The molecule has 0 saturated carbocycles. The quantitative estimate of drug-likeness (QED) is 0.533. The van der Waals surface area contributed by atoms with E-state index < -0.39 is 10.0 Å². The van der Waals surface area contributed by atoms with Gasteiger partial charge in [-0.2, -0.15) is 0 Å². The molecule has 0 unspecified atom stereocenters. The van der Waals surface area contributed by atoms with Crippen LogP contribution in [-0.2, 0) is 15.4 Å². The van der Waals surface area contributed by atoms with Gasteiger partial charge in [0.2, 0.25) is 0 Å². The van der Waals surface area contributed by atoms with E-state index in [1.54, 1.807) is 66.7 Å². The van der Waals surface area contributed by atoms with Crippen molar-refractivity contribution in [3.63, 3.8) is 0 Å². The smallest absolute Gasteiger partial charge is 0.261 e. The van der Waals surface area contributed by atoms with Gasteiger partial charge < -0.3 is 0 Å². The molecule has 4 nitrogen and oxygen atoms in total. The summed E-state index contributed by atoms with van der Waals surface area (Å²) in [6.45, 7) is 6.17. The molecular weight excluding hydrogens is 406 g/mol. The predicted molar refractivity (Wildman–Crippen MR) is 117 cm³/mol. The van der Waals surface area contributed by atoms with Crippen LogP contribution in [0, 0.1) is 0 Å². The molecule has 150 valence electrons. The van der Waals surface area contributed by atoms with Crippen LogP contribution in [0.15, 0.2) is 77.7 Å². The maximum absolute atomic E-state index is 12.9. The highest BCUT2D eigenvalue weighted by Crippen LogP contribution is 2.30. The summed E-state index contributed by atoms with van der Waals surface area (Å²) in [5.74, 6) is -0.350. The van der Waals surface area contributed by atoms with E-state index in [-0.39, 0.29) is 32.4 Å². The standard InChI is InChI=1S/C23H22ClNO3S/c1-23(2,3)17-12-14-18(15-13-17)29(27,28)25-20-11-7-10-19(24)21(20)22(26)16-8-5-4-6-9-16/h4-15,25H,1-3H3. The van der Waals surface area contributed by atoms with Gasteiger partial charge in [0.15, 0.2) is 5.78 Å². The number of carbonyl (C=O) groups excluding carboxylic acids is 1. The lowest BCUT2D eigenvalue weighted by molar-refractivity contribution is 0.103. The van der Waals surface area contributed by atoms with Crippen LogP contribution in [0.3, 0.4) is 0 Å². The van der Waals surface area contributed by atoms with Crippen molar-refractivity contribution >= 4 is 33.1 Å².